The highest BCUT2D eigenvalue weighted by Crippen LogP contribution is 2.33. The summed E-state index contributed by atoms with van der Waals surface area (Å²) < 4.78 is 7.50. The number of nitrogens with zero attached hydrogens (tertiary/aromatic N) is 2. The van der Waals surface area contributed by atoms with E-state index in [1.54, 1.807) is 6.92 Å². The molecule has 0 amide bonds. The molecule has 0 saturated heterocycles. The third-order valence-corrected chi connectivity index (χ3v) is 4.34. The molecule has 2 aromatic carbocycles. The minimum Gasteiger partial charge on any atom is -0.356 e. The van der Waals surface area contributed by atoms with Crippen LogP contribution in [0.5, 0.6) is 0 Å². The van der Waals surface area contributed by atoms with Crippen LogP contribution in [-0.4, -0.2) is 15.5 Å². The SMILES string of the molecule is CC(=O)c1c(C)n(-c2ccccc2)c2cc3c(C)noc3cc12. The van der Waals surface area contributed by atoms with Crippen molar-refractivity contribution in [2.75, 3.05) is 0 Å². The highest BCUT2D eigenvalue weighted by atomic mass is 16.5. The lowest BCUT2D eigenvalue weighted by Gasteiger charge is -2.08. The van der Waals surface area contributed by atoms with Gasteiger partial charge in [-0.2, -0.15) is 0 Å². The number of rotatable bonds is 2. The third kappa shape index (κ3) is 1.91. The zero-order valence-electron chi connectivity index (χ0n) is 13.3. The molecule has 4 rings (SSSR count). The van der Waals surface area contributed by atoms with Crippen LogP contribution in [0.3, 0.4) is 0 Å². The highest BCUT2D eigenvalue weighted by Gasteiger charge is 2.20. The van der Waals surface area contributed by atoms with Crippen molar-refractivity contribution in [2.24, 2.45) is 0 Å². The van der Waals surface area contributed by atoms with Gasteiger partial charge in [-0.25, -0.2) is 0 Å². The summed E-state index contributed by atoms with van der Waals surface area (Å²) in [6.45, 7) is 5.51. The fourth-order valence-corrected chi connectivity index (χ4v) is 3.32. The first kappa shape index (κ1) is 13.8. The van der Waals surface area contributed by atoms with Crippen LogP contribution in [0.4, 0.5) is 0 Å². The van der Waals surface area contributed by atoms with Crippen LogP contribution < -0.4 is 0 Å². The topological polar surface area (TPSA) is 48.0 Å². The van der Waals surface area contributed by atoms with Crippen molar-refractivity contribution in [1.29, 1.82) is 0 Å². The van der Waals surface area contributed by atoms with Crippen molar-refractivity contribution in [3.05, 3.63) is 59.4 Å². The van der Waals surface area contributed by atoms with E-state index in [-0.39, 0.29) is 5.78 Å². The van der Waals surface area contributed by atoms with E-state index in [1.807, 2.05) is 50.2 Å². The Morgan fingerprint density at radius 2 is 1.83 bits per heavy atom. The summed E-state index contributed by atoms with van der Waals surface area (Å²) in [5, 5.41) is 5.91. The number of aromatic nitrogens is 2. The Labute approximate surface area is 133 Å². The van der Waals surface area contributed by atoms with Crippen LogP contribution in [-0.2, 0) is 0 Å². The number of aryl methyl sites for hydroxylation is 1. The molecule has 0 unspecified atom stereocenters. The van der Waals surface area contributed by atoms with Gasteiger partial charge in [0.15, 0.2) is 11.4 Å². The van der Waals surface area contributed by atoms with E-state index in [0.717, 1.165) is 38.9 Å². The van der Waals surface area contributed by atoms with Crippen molar-refractivity contribution in [1.82, 2.24) is 9.72 Å². The molecule has 0 aliphatic heterocycles. The maximum absolute atomic E-state index is 12.2. The molecule has 0 saturated carbocycles. The minimum atomic E-state index is 0.0535. The van der Waals surface area contributed by atoms with Crippen LogP contribution in [0.1, 0.15) is 28.7 Å². The normalized spacial score (nSPS) is 11.4. The summed E-state index contributed by atoms with van der Waals surface area (Å²) in [6.07, 6.45) is 0. The van der Waals surface area contributed by atoms with Crippen LogP contribution >= 0.6 is 0 Å². The number of benzene rings is 2. The number of hydrogen-bond acceptors (Lipinski definition) is 3. The van der Waals surface area contributed by atoms with E-state index in [2.05, 4.69) is 15.8 Å². The Balaban J connectivity index is 2.20. The Morgan fingerprint density at radius 3 is 2.52 bits per heavy atom. The number of ketones is 1. The van der Waals surface area contributed by atoms with Crippen LogP contribution in [0, 0.1) is 13.8 Å². The zero-order chi connectivity index (χ0) is 16.1. The fourth-order valence-electron chi connectivity index (χ4n) is 3.32. The van der Waals surface area contributed by atoms with Gasteiger partial charge in [-0.05, 0) is 45.0 Å². The van der Waals surface area contributed by atoms with E-state index < -0.39 is 0 Å². The van der Waals surface area contributed by atoms with Crippen molar-refractivity contribution < 1.29 is 9.32 Å². The molecule has 0 fully saturated rings. The second-order valence-electron chi connectivity index (χ2n) is 5.82. The Morgan fingerprint density at radius 1 is 1.09 bits per heavy atom. The number of carbonyl (C=O) groups is 1. The Kier molecular flexibility index (Phi) is 2.88. The van der Waals surface area contributed by atoms with Crippen molar-refractivity contribution in [3.8, 4) is 5.69 Å². The van der Waals surface area contributed by atoms with Crippen LogP contribution in [0.2, 0.25) is 0 Å². The molecular formula is C19H16N2O2. The first-order valence-electron chi connectivity index (χ1n) is 7.55. The summed E-state index contributed by atoms with van der Waals surface area (Å²) in [6, 6.07) is 14.0. The monoisotopic (exact) mass is 304 g/mol. The quantitative estimate of drug-likeness (QED) is 0.509. The molecular weight excluding hydrogens is 288 g/mol. The summed E-state index contributed by atoms with van der Waals surface area (Å²) in [7, 11) is 0. The summed E-state index contributed by atoms with van der Waals surface area (Å²) >= 11 is 0. The van der Waals surface area contributed by atoms with E-state index in [1.165, 1.54) is 0 Å². The van der Waals surface area contributed by atoms with Gasteiger partial charge in [-0.1, -0.05) is 23.4 Å². The summed E-state index contributed by atoms with van der Waals surface area (Å²) in [5.41, 5.74) is 5.28. The standard InChI is InChI=1S/C19H16N2O2/c1-11-15-9-17-16(10-18(15)23-20-11)19(13(3)22)12(2)21(17)14-7-5-4-6-8-14/h4-10H,1-3H3. The van der Waals surface area contributed by atoms with E-state index in [4.69, 9.17) is 4.52 Å². The molecule has 0 spiro atoms. The lowest BCUT2D eigenvalue weighted by atomic mass is 10.1. The van der Waals surface area contributed by atoms with Crippen LogP contribution in [0.25, 0.3) is 27.6 Å². The first-order chi connectivity index (χ1) is 11.1. The molecule has 4 heteroatoms. The highest BCUT2D eigenvalue weighted by molar-refractivity contribution is 6.11. The fraction of sp³-hybridized carbons (Fsp3) is 0.158. The minimum absolute atomic E-state index is 0.0535. The maximum Gasteiger partial charge on any atom is 0.167 e. The van der Waals surface area contributed by atoms with Gasteiger partial charge in [0, 0.05) is 27.7 Å². The van der Waals surface area contributed by atoms with Gasteiger partial charge in [-0.3, -0.25) is 4.79 Å². The van der Waals surface area contributed by atoms with Gasteiger partial charge in [0.1, 0.15) is 0 Å². The number of fused-ring (bicyclic) bond motifs is 2. The van der Waals surface area contributed by atoms with Gasteiger partial charge in [0.05, 0.1) is 11.2 Å². The lowest BCUT2D eigenvalue weighted by Crippen LogP contribution is -1.99. The number of carbonyl (C=O) groups excluding carboxylic acids is 1. The number of para-hydroxylation sites is 1. The van der Waals surface area contributed by atoms with E-state index in [9.17, 15) is 4.79 Å². The van der Waals surface area contributed by atoms with Gasteiger partial charge in [-0.15, -0.1) is 0 Å². The molecule has 0 N–H and O–H groups in total. The van der Waals surface area contributed by atoms with Crippen molar-refractivity contribution >= 4 is 27.7 Å². The summed E-state index contributed by atoms with van der Waals surface area (Å²) in [4.78, 5) is 12.2. The average Bonchev–Trinajstić information content (AvgIpc) is 3.03. The molecule has 4 aromatic rings. The van der Waals surface area contributed by atoms with Crippen molar-refractivity contribution in [3.63, 3.8) is 0 Å². The Hall–Kier alpha value is -2.88. The van der Waals surface area contributed by atoms with Gasteiger partial charge < -0.3 is 9.09 Å². The number of hydrogen-bond donors (Lipinski definition) is 0. The zero-order valence-corrected chi connectivity index (χ0v) is 13.3. The molecule has 2 heterocycles. The smallest absolute Gasteiger partial charge is 0.167 e. The Bertz CT molecular complexity index is 1060. The first-order valence-corrected chi connectivity index (χ1v) is 7.55. The van der Waals surface area contributed by atoms with E-state index >= 15 is 0 Å². The van der Waals surface area contributed by atoms with Gasteiger partial charge >= 0.3 is 0 Å². The van der Waals surface area contributed by atoms with Gasteiger partial charge in [0.2, 0.25) is 0 Å². The molecule has 4 nitrogen and oxygen atoms in total. The molecule has 2 aromatic heterocycles. The molecule has 0 bridgehead atoms. The third-order valence-electron chi connectivity index (χ3n) is 4.34. The van der Waals surface area contributed by atoms with Gasteiger partial charge in [0.25, 0.3) is 0 Å². The molecule has 23 heavy (non-hydrogen) atoms. The van der Waals surface area contributed by atoms with Crippen LogP contribution in [0.15, 0.2) is 47.0 Å². The van der Waals surface area contributed by atoms with Crippen molar-refractivity contribution in [2.45, 2.75) is 20.8 Å². The summed E-state index contributed by atoms with van der Waals surface area (Å²) in [5.74, 6) is 0.0535. The molecule has 0 aliphatic rings. The number of Topliss-reactive ketones (excluding diaryl/α,β-unsaturated/α-hetero) is 1. The largest absolute Gasteiger partial charge is 0.356 e. The predicted octanol–water partition coefficient (Wildman–Crippen LogP) is 4.59. The predicted molar refractivity (Wildman–Crippen MR) is 90.3 cm³/mol. The molecule has 0 atom stereocenters. The average molecular weight is 304 g/mol. The second kappa shape index (κ2) is 4.81. The molecule has 0 aliphatic carbocycles. The molecule has 0 radical (unpaired) electrons. The maximum atomic E-state index is 12.2. The lowest BCUT2D eigenvalue weighted by molar-refractivity contribution is 0.101. The second-order valence-corrected chi connectivity index (χ2v) is 5.82. The van der Waals surface area contributed by atoms with E-state index in [0.29, 0.717) is 5.58 Å². The molecule has 114 valence electrons.